The Morgan fingerprint density at radius 1 is 1.37 bits per heavy atom. The van der Waals surface area contributed by atoms with Gasteiger partial charge in [0.05, 0.1) is 11.6 Å². The van der Waals surface area contributed by atoms with Crippen LogP contribution in [0.3, 0.4) is 0 Å². The maximum Gasteiger partial charge on any atom is 0.416 e. The molecule has 108 valence electrons. The highest BCUT2D eigenvalue weighted by atomic mass is 35.5. The van der Waals surface area contributed by atoms with Gasteiger partial charge in [-0.15, -0.1) is 12.4 Å². The molecule has 0 aliphatic carbocycles. The summed E-state index contributed by atoms with van der Waals surface area (Å²) < 4.78 is 38.0. The number of alkyl halides is 3. The predicted octanol–water partition coefficient (Wildman–Crippen LogP) is 2.13. The molecule has 0 heterocycles. The Kier molecular flexibility index (Phi) is 6.86. The first kappa shape index (κ1) is 17.7. The van der Waals surface area contributed by atoms with E-state index in [0.29, 0.717) is 0 Å². The smallest absolute Gasteiger partial charge is 0.354 e. The van der Waals surface area contributed by atoms with E-state index in [-0.39, 0.29) is 36.8 Å². The van der Waals surface area contributed by atoms with Crippen LogP contribution < -0.4 is 11.1 Å². The molecule has 1 rings (SSSR count). The largest absolute Gasteiger partial charge is 0.416 e. The SMILES string of the molecule is C[C@@H](N)C(=O)NCCc1ccccc1C(F)(F)F.Cl. The quantitative estimate of drug-likeness (QED) is 0.894. The third-order valence-corrected chi connectivity index (χ3v) is 2.43. The summed E-state index contributed by atoms with van der Waals surface area (Å²) in [7, 11) is 0. The van der Waals surface area contributed by atoms with Gasteiger partial charge in [-0.3, -0.25) is 4.79 Å². The Morgan fingerprint density at radius 3 is 2.47 bits per heavy atom. The molecule has 0 aliphatic heterocycles. The van der Waals surface area contributed by atoms with Crippen LogP contribution in [0, 0.1) is 0 Å². The fourth-order valence-electron chi connectivity index (χ4n) is 1.50. The molecular formula is C12H16ClF3N2O. The maximum absolute atomic E-state index is 12.7. The second-order valence-corrected chi connectivity index (χ2v) is 3.98. The second kappa shape index (κ2) is 7.35. The fourth-order valence-corrected chi connectivity index (χ4v) is 1.50. The molecule has 3 N–H and O–H groups in total. The van der Waals surface area contributed by atoms with Gasteiger partial charge < -0.3 is 11.1 Å². The highest BCUT2D eigenvalue weighted by Crippen LogP contribution is 2.31. The van der Waals surface area contributed by atoms with Crippen LogP contribution in [0.5, 0.6) is 0 Å². The Balaban J connectivity index is 0.00000324. The van der Waals surface area contributed by atoms with Gasteiger partial charge in [-0.2, -0.15) is 13.2 Å². The van der Waals surface area contributed by atoms with Crippen LogP contribution >= 0.6 is 12.4 Å². The van der Waals surface area contributed by atoms with E-state index in [2.05, 4.69) is 5.32 Å². The van der Waals surface area contributed by atoms with E-state index in [1.54, 1.807) is 0 Å². The van der Waals surface area contributed by atoms with Crippen LogP contribution in [0.15, 0.2) is 24.3 Å². The molecule has 7 heteroatoms. The monoisotopic (exact) mass is 296 g/mol. The number of hydrogen-bond donors (Lipinski definition) is 2. The van der Waals surface area contributed by atoms with Crippen molar-refractivity contribution in [3.05, 3.63) is 35.4 Å². The lowest BCUT2D eigenvalue weighted by Gasteiger charge is -2.13. The van der Waals surface area contributed by atoms with Gasteiger partial charge in [0.25, 0.3) is 0 Å². The Hall–Kier alpha value is -1.27. The number of carbonyl (C=O) groups is 1. The standard InChI is InChI=1S/C12H15F3N2O.ClH/c1-8(16)11(18)17-7-6-9-4-2-3-5-10(9)12(13,14)15;/h2-5,8H,6-7,16H2,1H3,(H,17,18);1H/t8-;/m1./s1. The summed E-state index contributed by atoms with van der Waals surface area (Å²) in [6, 6.07) is 4.65. The molecule has 0 bridgehead atoms. The van der Waals surface area contributed by atoms with Gasteiger partial charge >= 0.3 is 6.18 Å². The lowest BCUT2D eigenvalue weighted by molar-refractivity contribution is -0.138. The van der Waals surface area contributed by atoms with E-state index in [0.717, 1.165) is 6.07 Å². The van der Waals surface area contributed by atoms with Crippen molar-refractivity contribution in [1.29, 1.82) is 0 Å². The first-order valence-corrected chi connectivity index (χ1v) is 5.50. The van der Waals surface area contributed by atoms with Crippen molar-refractivity contribution in [2.45, 2.75) is 25.6 Å². The Bertz CT molecular complexity index is 422. The molecule has 0 aliphatic rings. The number of amides is 1. The second-order valence-electron chi connectivity index (χ2n) is 3.98. The molecule has 0 aromatic heterocycles. The summed E-state index contributed by atoms with van der Waals surface area (Å²) in [5.41, 5.74) is 4.82. The normalized spacial score (nSPS) is 12.5. The van der Waals surface area contributed by atoms with Crippen molar-refractivity contribution < 1.29 is 18.0 Å². The average Bonchev–Trinajstić information content (AvgIpc) is 2.28. The van der Waals surface area contributed by atoms with Crippen molar-refractivity contribution in [1.82, 2.24) is 5.32 Å². The first-order chi connectivity index (χ1) is 8.32. The van der Waals surface area contributed by atoms with Crippen molar-refractivity contribution in [2.24, 2.45) is 5.73 Å². The van der Waals surface area contributed by atoms with E-state index < -0.39 is 17.8 Å². The van der Waals surface area contributed by atoms with Crippen LogP contribution in [-0.2, 0) is 17.4 Å². The zero-order chi connectivity index (χ0) is 13.8. The molecule has 1 aromatic carbocycles. The molecule has 0 spiro atoms. The average molecular weight is 297 g/mol. The lowest BCUT2D eigenvalue weighted by atomic mass is 10.0. The number of nitrogens with one attached hydrogen (secondary N) is 1. The summed E-state index contributed by atoms with van der Waals surface area (Å²) in [5.74, 6) is -0.375. The zero-order valence-electron chi connectivity index (χ0n) is 10.3. The first-order valence-electron chi connectivity index (χ1n) is 5.50. The van der Waals surface area contributed by atoms with Crippen LogP contribution in [0.1, 0.15) is 18.1 Å². The van der Waals surface area contributed by atoms with Gasteiger partial charge in [0.1, 0.15) is 0 Å². The minimum absolute atomic E-state index is 0. The minimum atomic E-state index is -4.37. The minimum Gasteiger partial charge on any atom is -0.354 e. The number of benzene rings is 1. The molecule has 1 amide bonds. The predicted molar refractivity (Wildman–Crippen MR) is 69.1 cm³/mol. The molecule has 1 aromatic rings. The number of halogens is 4. The molecule has 0 unspecified atom stereocenters. The van der Waals surface area contributed by atoms with Crippen LogP contribution in [-0.4, -0.2) is 18.5 Å². The number of carbonyl (C=O) groups excluding carboxylic acids is 1. The van der Waals surface area contributed by atoms with Crippen molar-refractivity contribution in [3.63, 3.8) is 0 Å². The highest BCUT2D eigenvalue weighted by molar-refractivity contribution is 5.85. The molecule has 0 fully saturated rings. The van der Waals surface area contributed by atoms with E-state index in [1.165, 1.54) is 25.1 Å². The van der Waals surface area contributed by atoms with Gasteiger partial charge in [0.15, 0.2) is 0 Å². The van der Waals surface area contributed by atoms with Gasteiger partial charge in [-0.25, -0.2) is 0 Å². The topological polar surface area (TPSA) is 55.1 Å². The third-order valence-electron chi connectivity index (χ3n) is 2.43. The molecule has 19 heavy (non-hydrogen) atoms. The van der Waals surface area contributed by atoms with E-state index in [4.69, 9.17) is 5.73 Å². The highest BCUT2D eigenvalue weighted by Gasteiger charge is 2.32. The fraction of sp³-hybridized carbons (Fsp3) is 0.417. The van der Waals surface area contributed by atoms with Crippen molar-refractivity contribution >= 4 is 18.3 Å². The summed E-state index contributed by atoms with van der Waals surface area (Å²) in [4.78, 5) is 11.2. The third kappa shape index (κ3) is 5.48. The van der Waals surface area contributed by atoms with Gasteiger partial charge in [-0.05, 0) is 25.0 Å². The number of hydrogen-bond acceptors (Lipinski definition) is 2. The molecule has 0 saturated heterocycles. The summed E-state index contributed by atoms with van der Waals surface area (Å²) >= 11 is 0. The maximum atomic E-state index is 12.7. The van der Waals surface area contributed by atoms with Crippen LogP contribution in [0.2, 0.25) is 0 Å². The summed E-state index contributed by atoms with van der Waals surface area (Å²) in [5, 5.41) is 2.48. The number of rotatable bonds is 4. The van der Waals surface area contributed by atoms with Crippen molar-refractivity contribution in [3.8, 4) is 0 Å². The van der Waals surface area contributed by atoms with E-state index in [1.807, 2.05) is 0 Å². The molecule has 3 nitrogen and oxygen atoms in total. The van der Waals surface area contributed by atoms with Gasteiger partial charge in [-0.1, -0.05) is 18.2 Å². The van der Waals surface area contributed by atoms with Crippen LogP contribution in [0.25, 0.3) is 0 Å². The Morgan fingerprint density at radius 2 is 1.95 bits per heavy atom. The molecule has 0 radical (unpaired) electrons. The summed E-state index contributed by atoms with van der Waals surface area (Å²) in [6.45, 7) is 1.65. The number of nitrogens with two attached hydrogens (primary N) is 1. The van der Waals surface area contributed by atoms with Gasteiger partial charge in [0, 0.05) is 6.54 Å². The molecule has 1 atom stereocenters. The Labute approximate surface area is 115 Å². The van der Waals surface area contributed by atoms with Crippen molar-refractivity contribution in [2.75, 3.05) is 6.54 Å². The molecular weight excluding hydrogens is 281 g/mol. The van der Waals surface area contributed by atoms with E-state index >= 15 is 0 Å². The zero-order valence-corrected chi connectivity index (χ0v) is 11.1. The summed E-state index contributed by atoms with van der Waals surface area (Å²) in [6.07, 6.45) is -4.25. The van der Waals surface area contributed by atoms with Crippen LogP contribution in [0.4, 0.5) is 13.2 Å². The van der Waals surface area contributed by atoms with Gasteiger partial charge in [0.2, 0.25) is 5.91 Å². The van der Waals surface area contributed by atoms with E-state index in [9.17, 15) is 18.0 Å². The lowest BCUT2D eigenvalue weighted by Crippen LogP contribution is -2.39. The molecule has 0 saturated carbocycles.